The maximum Gasteiger partial charge on any atom is 0.0240 e. The minimum absolute atomic E-state index is 0.747. The van der Waals surface area contributed by atoms with Crippen LogP contribution >= 0.6 is 0 Å². The molecule has 1 aliphatic rings. The van der Waals surface area contributed by atoms with E-state index in [0.29, 0.717) is 0 Å². The van der Waals surface area contributed by atoms with E-state index in [1.165, 1.54) is 60.9 Å². The van der Waals surface area contributed by atoms with Gasteiger partial charge in [-0.2, -0.15) is 0 Å². The molecule has 1 fully saturated rings. The largest absolute Gasteiger partial charge is 0.330 e. The summed E-state index contributed by atoms with van der Waals surface area (Å²) < 4.78 is 0. The molecule has 27 heavy (non-hydrogen) atoms. The molecule has 2 unspecified atom stereocenters. The zero-order chi connectivity index (χ0) is 19.1. The van der Waals surface area contributed by atoms with Crippen molar-refractivity contribution >= 4 is 0 Å². The van der Waals surface area contributed by atoms with Crippen LogP contribution in [0.5, 0.6) is 0 Å². The molecule has 0 saturated heterocycles. The summed E-state index contributed by atoms with van der Waals surface area (Å²) >= 11 is 0. The molecule has 1 saturated carbocycles. The number of hydrogen-bond acceptors (Lipinski definition) is 2. The highest BCUT2D eigenvalue weighted by atomic mass is 15.1. The van der Waals surface area contributed by atoms with Gasteiger partial charge in [-0.1, -0.05) is 60.5 Å². The summed E-state index contributed by atoms with van der Waals surface area (Å²) in [5, 5.41) is 0. The van der Waals surface area contributed by atoms with Gasteiger partial charge in [0.2, 0.25) is 0 Å². The second-order valence-corrected chi connectivity index (χ2v) is 8.56. The molecule has 2 heteroatoms. The molecule has 2 aromatic rings. The standard InChI is InChI=1S/C25H36N2/c1-20-11-14-25(21(2)15-20)19-27(17-23-7-4-3-5-8-23)18-24-10-6-9-22(16-26)12-13-24/h3-5,7-8,11,14-15,22,24H,6,9-10,12-13,16-19,26H2,1-2H3. The molecule has 0 aromatic heterocycles. The summed E-state index contributed by atoms with van der Waals surface area (Å²) in [6.07, 6.45) is 6.66. The van der Waals surface area contributed by atoms with Crippen LogP contribution in [0.4, 0.5) is 0 Å². The van der Waals surface area contributed by atoms with E-state index in [2.05, 4.69) is 67.3 Å². The summed E-state index contributed by atoms with van der Waals surface area (Å²) in [6.45, 7) is 8.56. The molecule has 0 bridgehead atoms. The fourth-order valence-corrected chi connectivity index (χ4v) is 4.53. The number of hydrogen-bond donors (Lipinski definition) is 1. The third kappa shape index (κ3) is 6.19. The Balaban J connectivity index is 1.71. The van der Waals surface area contributed by atoms with Gasteiger partial charge in [-0.25, -0.2) is 0 Å². The number of benzene rings is 2. The van der Waals surface area contributed by atoms with Gasteiger partial charge in [0.05, 0.1) is 0 Å². The van der Waals surface area contributed by atoms with Crippen molar-refractivity contribution in [1.82, 2.24) is 4.90 Å². The van der Waals surface area contributed by atoms with E-state index in [1.807, 2.05) is 0 Å². The lowest BCUT2D eigenvalue weighted by atomic mass is 9.97. The zero-order valence-corrected chi connectivity index (χ0v) is 17.2. The van der Waals surface area contributed by atoms with Gasteiger partial charge >= 0.3 is 0 Å². The smallest absolute Gasteiger partial charge is 0.0240 e. The Labute approximate surface area is 165 Å². The summed E-state index contributed by atoms with van der Waals surface area (Å²) in [7, 11) is 0. The first-order valence-corrected chi connectivity index (χ1v) is 10.7. The Kier molecular flexibility index (Phi) is 7.49. The predicted molar refractivity (Wildman–Crippen MR) is 116 cm³/mol. The molecular formula is C25H36N2. The molecule has 2 aromatic carbocycles. The van der Waals surface area contributed by atoms with Crippen LogP contribution in [0, 0.1) is 25.7 Å². The van der Waals surface area contributed by atoms with Crippen molar-refractivity contribution in [3.63, 3.8) is 0 Å². The van der Waals surface area contributed by atoms with Gasteiger partial charge in [0.25, 0.3) is 0 Å². The van der Waals surface area contributed by atoms with Crippen LogP contribution in [-0.4, -0.2) is 18.0 Å². The highest BCUT2D eigenvalue weighted by molar-refractivity contribution is 5.30. The van der Waals surface area contributed by atoms with Gasteiger partial charge in [-0.15, -0.1) is 0 Å². The molecule has 0 heterocycles. The van der Waals surface area contributed by atoms with Crippen molar-refractivity contribution in [2.75, 3.05) is 13.1 Å². The minimum Gasteiger partial charge on any atom is -0.330 e. The number of rotatable bonds is 7. The van der Waals surface area contributed by atoms with Crippen LogP contribution in [-0.2, 0) is 13.1 Å². The second-order valence-electron chi connectivity index (χ2n) is 8.56. The van der Waals surface area contributed by atoms with Crippen molar-refractivity contribution in [3.05, 3.63) is 70.8 Å². The number of aryl methyl sites for hydroxylation is 2. The summed E-state index contributed by atoms with van der Waals surface area (Å²) in [5.41, 5.74) is 11.6. The Bertz CT molecular complexity index is 695. The highest BCUT2D eigenvalue weighted by Gasteiger charge is 2.21. The average molecular weight is 365 g/mol. The third-order valence-electron chi connectivity index (χ3n) is 6.20. The van der Waals surface area contributed by atoms with Crippen molar-refractivity contribution in [1.29, 1.82) is 0 Å². The van der Waals surface area contributed by atoms with Crippen LogP contribution in [0.2, 0.25) is 0 Å². The maximum absolute atomic E-state index is 5.94. The van der Waals surface area contributed by atoms with Gasteiger partial charge in [0.1, 0.15) is 0 Å². The quantitative estimate of drug-likeness (QED) is 0.661. The fraction of sp³-hybridized carbons (Fsp3) is 0.520. The number of nitrogens with two attached hydrogens (primary N) is 1. The molecule has 0 aliphatic heterocycles. The van der Waals surface area contributed by atoms with Gasteiger partial charge in [0, 0.05) is 19.6 Å². The Morgan fingerprint density at radius 2 is 1.63 bits per heavy atom. The number of nitrogens with zero attached hydrogens (tertiary/aromatic N) is 1. The van der Waals surface area contributed by atoms with Gasteiger partial charge in [-0.05, 0) is 74.6 Å². The normalized spacial score (nSPS) is 20.6. The lowest BCUT2D eigenvalue weighted by molar-refractivity contribution is 0.202. The summed E-state index contributed by atoms with van der Waals surface area (Å²) in [6, 6.07) is 17.8. The summed E-state index contributed by atoms with van der Waals surface area (Å²) in [4.78, 5) is 2.67. The molecular weight excluding hydrogens is 328 g/mol. The highest BCUT2D eigenvalue weighted by Crippen LogP contribution is 2.28. The van der Waals surface area contributed by atoms with Crippen LogP contribution in [0.25, 0.3) is 0 Å². The fourth-order valence-electron chi connectivity index (χ4n) is 4.53. The van der Waals surface area contributed by atoms with Crippen LogP contribution < -0.4 is 5.73 Å². The van der Waals surface area contributed by atoms with Crippen LogP contribution in [0.3, 0.4) is 0 Å². The molecule has 2 atom stereocenters. The van der Waals surface area contributed by atoms with Crippen molar-refractivity contribution in [2.24, 2.45) is 17.6 Å². The average Bonchev–Trinajstić information content (AvgIpc) is 2.90. The molecule has 0 spiro atoms. The first-order chi connectivity index (χ1) is 13.1. The Morgan fingerprint density at radius 1 is 0.889 bits per heavy atom. The van der Waals surface area contributed by atoms with Gasteiger partial charge < -0.3 is 5.73 Å². The van der Waals surface area contributed by atoms with E-state index in [0.717, 1.165) is 31.5 Å². The SMILES string of the molecule is Cc1ccc(CN(Cc2ccccc2)CC2CCCC(CN)CC2)c(C)c1. The predicted octanol–water partition coefficient (Wildman–Crippen LogP) is 5.46. The van der Waals surface area contributed by atoms with Gasteiger partial charge in [-0.3, -0.25) is 4.90 Å². The van der Waals surface area contributed by atoms with Crippen LogP contribution in [0.15, 0.2) is 48.5 Å². The molecule has 3 rings (SSSR count). The van der Waals surface area contributed by atoms with Gasteiger partial charge in [0.15, 0.2) is 0 Å². The van der Waals surface area contributed by atoms with E-state index in [9.17, 15) is 0 Å². The first kappa shape index (κ1) is 20.1. The van der Waals surface area contributed by atoms with Crippen LogP contribution in [0.1, 0.15) is 54.4 Å². The van der Waals surface area contributed by atoms with E-state index in [1.54, 1.807) is 0 Å². The Hall–Kier alpha value is -1.64. The molecule has 146 valence electrons. The molecule has 1 aliphatic carbocycles. The maximum atomic E-state index is 5.94. The zero-order valence-electron chi connectivity index (χ0n) is 17.2. The monoisotopic (exact) mass is 364 g/mol. The van der Waals surface area contributed by atoms with E-state index < -0.39 is 0 Å². The van der Waals surface area contributed by atoms with E-state index in [-0.39, 0.29) is 0 Å². The molecule has 0 amide bonds. The Morgan fingerprint density at radius 3 is 2.37 bits per heavy atom. The van der Waals surface area contributed by atoms with E-state index >= 15 is 0 Å². The molecule has 2 N–H and O–H groups in total. The van der Waals surface area contributed by atoms with Crippen molar-refractivity contribution in [2.45, 2.75) is 59.0 Å². The lowest BCUT2D eigenvalue weighted by Gasteiger charge is -2.28. The third-order valence-corrected chi connectivity index (χ3v) is 6.20. The molecule has 2 nitrogen and oxygen atoms in total. The topological polar surface area (TPSA) is 29.3 Å². The molecule has 0 radical (unpaired) electrons. The summed E-state index contributed by atoms with van der Waals surface area (Å²) in [5.74, 6) is 1.55. The minimum atomic E-state index is 0.747. The van der Waals surface area contributed by atoms with Crippen molar-refractivity contribution in [3.8, 4) is 0 Å². The second kappa shape index (κ2) is 10.1. The first-order valence-electron chi connectivity index (χ1n) is 10.7. The van der Waals surface area contributed by atoms with E-state index in [4.69, 9.17) is 5.73 Å². The lowest BCUT2D eigenvalue weighted by Crippen LogP contribution is -2.29. The van der Waals surface area contributed by atoms with Crippen molar-refractivity contribution < 1.29 is 0 Å².